The molecule has 0 heterocycles. The predicted molar refractivity (Wildman–Crippen MR) is 53.5 cm³/mol. The molecule has 1 aromatic rings. The highest BCUT2D eigenvalue weighted by Gasteiger charge is 2.47. The predicted octanol–water partition coefficient (Wildman–Crippen LogP) is 1.82. The quantitative estimate of drug-likeness (QED) is 0.573. The first-order valence-electron chi connectivity index (χ1n) is 4.68. The van der Waals surface area contributed by atoms with E-state index in [1.165, 1.54) is 6.92 Å². The van der Waals surface area contributed by atoms with E-state index in [4.69, 9.17) is 10.5 Å². The molecule has 0 atom stereocenters. The molecule has 3 heteroatoms. The molecule has 2 N–H and O–H groups in total. The van der Waals surface area contributed by atoms with Crippen molar-refractivity contribution < 1.29 is 9.53 Å². The summed E-state index contributed by atoms with van der Waals surface area (Å²) < 4.78 is 5.29. The van der Waals surface area contributed by atoms with Gasteiger partial charge in [-0.1, -0.05) is 12.1 Å². The Morgan fingerprint density at radius 1 is 1.36 bits per heavy atom. The van der Waals surface area contributed by atoms with Crippen LogP contribution in [0.15, 0.2) is 24.3 Å². The molecule has 1 aromatic carbocycles. The number of carbonyl (C=O) groups excluding carboxylic acids is 1. The maximum atomic E-state index is 10.9. The average molecular weight is 191 g/mol. The minimum Gasteiger partial charge on any atom is -0.454 e. The molecule has 1 aliphatic carbocycles. The van der Waals surface area contributed by atoms with Gasteiger partial charge in [0, 0.05) is 12.6 Å². The lowest BCUT2D eigenvalue weighted by atomic mass is 10.1. The maximum absolute atomic E-state index is 10.9. The highest BCUT2D eigenvalue weighted by atomic mass is 16.6. The lowest BCUT2D eigenvalue weighted by Crippen LogP contribution is -2.15. The molecule has 1 aliphatic rings. The van der Waals surface area contributed by atoms with E-state index in [9.17, 15) is 4.79 Å². The monoisotopic (exact) mass is 191 g/mol. The van der Waals surface area contributed by atoms with Crippen molar-refractivity contribution in [3.8, 4) is 0 Å². The third-order valence-corrected chi connectivity index (χ3v) is 2.48. The fourth-order valence-corrected chi connectivity index (χ4v) is 1.63. The summed E-state index contributed by atoms with van der Waals surface area (Å²) in [5.41, 5.74) is 7.01. The van der Waals surface area contributed by atoms with Crippen LogP contribution < -0.4 is 5.73 Å². The Morgan fingerprint density at radius 3 is 2.36 bits per heavy atom. The van der Waals surface area contributed by atoms with E-state index in [1.807, 2.05) is 24.3 Å². The number of hydrogen-bond donors (Lipinski definition) is 1. The van der Waals surface area contributed by atoms with Gasteiger partial charge in [0.2, 0.25) is 0 Å². The second kappa shape index (κ2) is 3.01. The number of hydrogen-bond acceptors (Lipinski definition) is 3. The van der Waals surface area contributed by atoms with Crippen LogP contribution in [0.2, 0.25) is 0 Å². The maximum Gasteiger partial charge on any atom is 0.303 e. The summed E-state index contributed by atoms with van der Waals surface area (Å²) in [5.74, 6) is -0.223. The zero-order valence-corrected chi connectivity index (χ0v) is 8.12. The second-order valence-electron chi connectivity index (χ2n) is 3.71. The lowest BCUT2D eigenvalue weighted by molar-refractivity contribution is -0.149. The van der Waals surface area contributed by atoms with Gasteiger partial charge in [-0.15, -0.1) is 0 Å². The van der Waals surface area contributed by atoms with Gasteiger partial charge in [-0.05, 0) is 30.5 Å². The third-order valence-electron chi connectivity index (χ3n) is 2.48. The summed E-state index contributed by atoms with van der Waals surface area (Å²) in [4.78, 5) is 10.9. The summed E-state index contributed by atoms with van der Waals surface area (Å²) >= 11 is 0. The van der Waals surface area contributed by atoms with Crippen LogP contribution in [0.4, 0.5) is 5.69 Å². The van der Waals surface area contributed by atoms with E-state index in [1.54, 1.807) is 0 Å². The van der Waals surface area contributed by atoms with E-state index in [0.29, 0.717) is 0 Å². The van der Waals surface area contributed by atoms with Crippen LogP contribution in [0.1, 0.15) is 25.3 Å². The molecular formula is C11H13NO2. The van der Waals surface area contributed by atoms with E-state index in [2.05, 4.69) is 0 Å². The van der Waals surface area contributed by atoms with Crippen molar-refractivity contribution in [3.63, 3.8) is 0 Å². The standard InChI is InChI=1S/C11H13NO2/c1-8(13)14-11(6-7-11)9-2-4-10(12)5-3-9/h2-5H,6-7,12H2,1H3. The van der Waals surface area contributed by atoms with E-state index >= 15 is 0 Å². The molecule has 1 saturated carbocycles. The van der Waals surface area contributed by atoms with Crippen molar-refractivity contribution in [1.29, 1.82) is 0 Å². The highest BCUT2D eigenvalue weighted by molar-refractivity contribution is 5.67. The van der Waals surface area contributed by atoms with Gasteiger partial charge in [0.05, 0.1) is 0 Å². The van der Waals surface area contributed by atoms with Gasteiger partial charge in [-0.3, -0.25) is 4.79 Å². The van der Waals surface area contributed by atoms with Crippen molar-refractivity contribution in [2.24, 2.45) is 0 Å². The number of nitrogens with two attached hydrogens (primary N) is 1. The average Bonchev–Trinajstić information content (AvgIpc) is 2.85. The minimum atomic E-state index is -0.348. The minimum absolute atomic E-state index is 0.223. The second-order valence-corrected chi connectivity index (χ2v) is 3.71. The molecule has 0 unspecified atom stereocenters. The molecule has 0 saturated heterocycles. The lowest BCUT2D eigenvalue weighted by Gasteiger charge is -2.15. The van der Waals surface area contributed by atoms with Gasteiger partial charge in [0.15, 0.2) is 0 Å². The number of ether oxygens (including phenoxy) is 1. The van der Waals surface area contributed by atoms with Gasteiger partial charge in [-0.25, -0.2) is 0 Å². The molecule has 0 aliphatic heterocycles. The van der Waals surface area contributed by atoms with Crippen molar-refractivity contribution in [1.82, 2.24) is 0 Å². The van der Waals surface area contributed by atoms with Gasteiger partial charge in [0.25, 0.3) is 0 Å². The van der Waals surface area contributed by atoms with Crippen molar-refractivity contribution >= 4 is 11.7 Å². The largest absolute Gasteiger partial charge is 0.454 e. The summed E-state index contributed by atoms with van der Waals surface area (Å²) in [5, 5.41) is 0. The smallest absolute Gasteiger partial charge is 0.303 e. The Balaban J connectivity index is 2.22. The fraction of sp³-hybridized carbons (Fsp3) is 0.364. The highest BCUT2D eigenvalue weighted by Crippen LogP contribution is 2.49. The number of rotatable bonds is 2. The van der Waals surface area contributed by atoms with Crippen LogP contribution in [0.3, 0.4) is 0 Å². The zero-order valence-electron chi connectivity index (χ0n) is 8.12. The Kier molecular flexibility index (Phi) is 1.95. The molecule has 0 radical (unpaired) electrons. The van der Waals surface area contributed by atoms with Gasteiger partial charge >= 0.3 is 5.97 Å². The van der Waals surface area contributed by atoms with Crippen LogP contribution >= 0.6 is 0 Å². The summed E-state index contributed by atoms with van der Waals surface area (Å²) in [6.45, 7) is 1.44. The summed E-state index contributed by atoms with van der Waals surface area (Å²) in [7, 11) is 0. The van der Waals surface area contributed by atoms with Gasteiger partial charge < -0.3 is 10.5 Å². The van der Waals surface area contributed by atoms with Crippen LogP contribution in [0, 0.1) is 0 Å². The Labute approximate surface area is 82.9 Å². The normalized spacial score (nSPS) is 17.5. The number of anilines is 1. The molecule has 14 heavy (non-hydrogen) atoms. The molecular weight excluding hydrogens is 178 g/mol. The van der Waals surface area contributed by atoms with Crippen LogP contribution in [0.25, 0.3) is 0 Å². The topological polar surface area (TPSA) is 52.3 Å². The van der Waals surface area contributed by atoms with Crippen LogP contribution in [-0.4, -0.2) is 5.97 Å². The van der Waals surface area contributed by atoms with E-state index < -0.39 is 0 Å². The van der Waals surface area contributed by atoms with Gasteiger partial charge in [-0.2, -0.15) is 0 Å². The number of esters is 1. The van der Waals surface area contributed by atoms with Crippen LogP contribution in [-0.2, 0) is 15.1 Å². The molecule has 0 aromatic heterocycles. The summed E-state index contributed by atoms with van der Waals surface area (Å²) in [6.07, 6.45) is 1.83. The first kappa shape index (κ1) is 9.06. The molecule has 3 nitrogen and oxygen atoms in total. The van der Waals surface area contributed by atoms with Crippen molar-refractivity contribution in [3.05, 3.63) is 29.8 Å². The first-order chi connectivity index (χ1) is 6.62. The van der Waals surface area contributed by atoms with Crippen molar-refractivity contribution in [2.45, 2.75) is 25.4 Å². The Bertz CT molecular complexity index is 352. The molecule has 74 valence electrons. The molecule has 1 fully saturated rings. The SMILES string of the molecule is CC(=O)OC1(c2ccc(N)cc2)CC1. The number of nitrogen functional groups attached to an aromatic ring is 1. The van der Waals surface area contributed by atoms with E-state index in [0.717, 1.165) is 24.1 Å². The Hall–Kier alpha value is -1.51. The molecule has 0 bridgehead atoms. The van der Waals surface area contributed by atoms with Crippen LogP contribution in [0.5, 0.6) is 0 Å². The molecule has 2 rings (SSSR count). The summed E-state index contributed by atoms with van der Waals surface area (Å²) in [6, 6.07) is 7.51. The van der Waals surface area contributed by atoms with Crippen molar-refractivity contribution in [2.75, 3.05) is 5.73 Å². The number of carbonyl (C=O) groups is 1. The third kappa shape index (κ3) is 1.58. The molecule has 0 amide bonds. The number of benzene rings is 1. The zero-order chi connectivity index (χ0) is 10.2. The van der Waals surface area contributed by atoms with E-state index in [-0.39, 0.29) is 11.6 Å². The molecule has 0 spiro atoms. The van der Waals surface area contributed by atoms with Gasteiger partial charge in [0.1, 0.15) is 5.60 Å². The first-order valence-corrected chi connectivity index (χ1v) is 4.68. The Morgan fingerprint density at radius 2 is 1.93 bits per heavy atom. The fourth-order valence-electron chi connectivity index (χ4n) is 1.63.